The van der Waals surface area contributed by atoms with Gasteiger partial charge in [-0.15, -0.1) is 0 Å². The van der Waals surface area contributed by atoms with Crippen LogP contribution in [0.1, 0.15) is 252 Å². The summed E-state index contributed by atoms with van der Waals surface area (Å²) < 4.78 is 25.2. The third-order valence-corrected chi connectivity index (χ3v) is 16.4. The lowest BCUT2D eigenvalue weighted by Gasteiger charge is -2.32. The number of ether oxygens (including phenoxy) is 4. The van der Waals surface area contributed by atoms with Crippen molar-refractivity contribution in [2.24, 2.45) is 23.7 Å². The molecule has 0 aliphatic heterocycles. The van der Waals surface area contributed by atoms with Crippen molar-refractivity contribution >= 4 is 33.5 Å². The number of fused-ring (bicyclic) bond motifs is 2. The topological polar surface area (TPSA) is 71.1 Å². The standard InChI is InChI=1S/C63H100O6/c1-6-9-12-14-16-18-20-22-24-27-31-51-36-41-54(42-37-51)49(4)68-60(64)47-66-62-56-34-29-30-35-57(56)63(59-46-53(33-26-11-8-3)40-45-58(59)62)67-48-61(65)69-50(5)55-43-38-52(39-44-55)32-28-25-23-21-19-17-15-13-10-7-2/h29-30,34-35,40,45-46,49-52,54-55H,6-28,31-33,36-39,41-44,47-48H2,1-5H3. The van der Waals surface area contributed by atoms with E-state index in [0.29, 0.717) is 23.3 Å². The first-order chi connectivity index (χ1) is 33.8. The molecular formula is C63H100O6. The smallest absolute Gasteiger partial charge is 0.344 e. The molecule has 0 radical (unpaired) electrons. The van der Waals surface area contributed by atoms with Crippen molar-refractivity contribution in [2.45, 2.75) is 265 Å². The molecule has 0 N–H and O–H groups in total. The van der Waals surface area contributed by atoms with Crippen molar-refractivity contribution in [1.29, 1.82) is 0 Å². The first-order valence-electron chi connectivity index (χ1n) is 29.4. The second kappa shape index (κ2) is 33.4. The maximum absolute atomic E-state index is 13.5. The fourth-order valence-electron chi connectivity index (χ4n) is 11.9. The number of rotatable bonds is 36. The van der Waals surface area contributed by atoms with Gasteiger partial charge in [0.05, 0.1) is 0 Å². The Balaban J connectivity index is 1.09. The van der Waals surface area contributed by atoms with Crippen LogP contribution in [0.3, 0.4) is 0 Å². The Morgan fingerprint density at radius 2 is 0.812 bits per heavy atom. The van der Waals surface area contributed by atoms with Gasteiger partial charge in [-0.2, -0.15) is 0 Å². The molecule has 6 heteroatoms. The van der Waals surface area contributed by atoms with Gasteiger partial charge < -0.3 is 18.9 Å². The van der Waals surface area contributed by atoms with Crippen LogP contribution in [0.5, 0.6) is 11.5 Å². The average molecular weight is 953 g/mol. The fraction of sp³-hybridized carbons (Fsp3) is 0.746. The van der Waals surface area contributed by atoms with Gasteiger partial charge in [0.2, 0.25) is 0 Å². The number of esters is 2. The molecule has 0 bridgehead atoms. The van der Waals surface area contributed by atoms with Gasteiger partial charge >= 0.3 is 11.9 Å². The molecule has 388 valence electrons. The molecular weight excluding hydrogens is 853 g/mol. The first kappa shape index (κ1) is 56.6. The Hall–Kier alpha value is -3.28. The molecule has 2 aliphatic rings. The Morgan fingerprint density at radius 1 is 0.449 bits per heavy atom. The van der Waals surface area contributed by atoms with Gasteiger partial charge in [-0.1, -0.05) is 237 Å². The van der Waals surface area contributed by atoms with Gasteiger partial charge in [-0.05, 0) is 87.7 Å². The first-order valence-corrected chi connectivity index (χ1v) is 29.4. The van der Waals surface area contributed by atoms with Gasteiger partial charge in [0.1, 0.15) is 23.7 Å². The van der Waals surface area contributed by atoms with E-state index in [1.807, 2.05) is 24.3 Å². The molecule has 0 saturated heterocycles. The summed E-state index contributed by atoms with van der Waals surface area (Å²) in [5.41, 5.74) is 1.22. The Morgan fingerprint density at radius 3 is 1.23 bits per heavy atom. The zero-order chi connectivity index (χ0) is 48.9. The van der Waals surface area contributed by atoms with Crippen molar-refractivity contribution in [2.75, 3.05) is 13.2 Å². The average Bonchev–Trinajstić information content (AvgIpc) is 3.36. The molecule has 0 amide bonds. The number of hydrogen-bond acceptors (Lipinski definition) is 6. The highest BCUT2D eigenvalue weighted by Gasteiger charge is 2.29. The van der Waals surface area contributed by atoms with Gasteiger partial charge in [0, 0.05) is 21.5 Å². The maximum atomic E-state index is 13.5. The van der Waals surface area contributed by atoms with Crippen molar-refractivity contribution in [3.63, 3.8) is 0 Å². The lowest BCUT2D eigenvalue weighted by molar-refractivity contribution is -0.154. The molecule has 2 unspecified atom stereocenters. The molecule has 2 fully saturated rings. The van der Waals surface area contributed by atoms with E-state index in [1.165, 1.54) is 179 Å². The van der Waals surface area contributed by atoms with Crippen LogP contribution in [-0.4, -0.2) is 37.4 Å². The number of carbonyl (C=O) groups is 2. The van der Waals surface area contributed by atoms with E-state index in [-0.39, 0.29) is 37.4 Å². The SMILES string of the molecule is CCCCCCCCCCCCC1CCC(C(C)OC(=O)COc2c3ccccc3c(OCC(=O)OC(C)C3CCC(CCCCCCCCCCCC)CC3)c3cc(CCCCC)ccc23)CC1. The monoisotopic (exact) mass is 953 g/mol. The predicted octanol–water partition coefficient (Wildman–Crippen LogP) is 18.6. The molecule has 3 aromatic rings. The molecule has 0 spiro atoms. The van der Waals surface area contributed by atoms with Crippen LogP contribution in [0.25, 0.3) is 21.5 Å². The van der Waals surface area contributed by atoms with Gasteiger partial charge in [0.25, 0.3) is 0 Å². The van der Waals surface area contributed by atoms with Crippen LogP contribution in [0.4, 0.5) is 0 Å². The highest BCUT2D eigenvalue weighted by molar-refractivity contribution is 6.11. The Labute approximate surface area is 421 Å². The summed E-state index contributed by atoms with van der Waals surface area (Å²) in [6, 6.07) is 14.5. The van der Waals surface area contributed by atoms with Crippen LogP contribution in [0, 0.1) is 23.7 Å². The third kappa shape index (κ3) is 20.4. The minimum atomic E-state index is -0.330. The van der Waals surface area contributed by atoms with Crippen LogP contribution >= 0.6 is 0 Å². The van der Waals surface area contributed by atoms with Crippen LogP contribution < -0.4 is 9.47 Å². The van der Waals surface area contributed by atoms with Crippen molar-refractivity contribution in [3.8, 4) is 11.5 Å². The summed E-state index contributed by atoms with van der Waals surface area (Å²) in [5.74, 6) is 3.07. The lowest BCUT2D eigenvalue weighted by Crippen LogP contribution is -2.30. The highest BCUT2D eigenvalue weighted by atomic mass is 16.6. The van der Waals surface area contributed by atoms with E-state index >= 15 is 0 Å². The van der Waals surface area contributed by atoms with Gasteiger partial charge in [0.15, 0.2) is 13.2 Å². The number of aryl methyl sites for hydroxylation is 1. The lowest BCUT2D eigenvalue weighted by atomic mass is 9.78. The zero-order valence-electron chi connectivity index (χ0n) is 44.9. The van der Waals surface area contributed by atoms with Crippen molar-refractivity contribution in [3.05, 3.63) is 48.0 Å². The Bertz CT molecular complexity index is 1850. The van der Waals surface area contributed by atoms with Crippen molar-refractivity contribution in [1.82, 2.24) is 0 Å². The fourth-order valence-corrected chi connectivity index (χ4v) is 11.9. The quantitative estimate of drug-likeness (QED) is 0.0329. The molecule has 6 nitrogen and oxygen atoms in total. The normalized spacial score (nSPS) is 19.4. The van der Waals surface area contributed by atoms with E-state index in [2.05, 4.69) is 52.8 Å². The minimum absolute atomic E-state index is 0.133. The molecule has 5 rings (SSSR count). The van der Waals surface area contributed by atoms with Crippen LogP contribution in [0.2, 0.25) is 0 Å². The van der Waals surface area contributed by atoms with E-state index in [4.69, 9.17) is 18.9 Å². The molecule has 0 aromatic heterocycles. The maximum Gasteiger partial charge on any atom is 0.344 e. The Kier molecular flexibility index (Phi) is 27.4. The second-order valence-corrected chi connectivity index (χ2v) is 22.0. The molecule has 3 aromatic carbocycles. The van der Waals surface area contributed by atoms with Crippen molar-refractivity contribution < 1.29 is 28.5 Å². The second-order valence-electron chi connectivity index (χ2n) is 22.0. The molecule has 69 heavy (non-hydrogen) atoms. The van der Waals surface area contributed by atoms with Crippen LogP contribution in [-0.2, 0) is 25.5 Å². The van der Waals surface area contributed by atoms with E-state index in [1.54, 1.807) is 0 Å². The van der Waals surface area contributed by atoms with Gasteiger partial charge in [-0.25, -0.2) is 9.59 Å². The molecule has 0 heterocycles. The zero-order valence-corrected chi connectivity index (χ0v) is 44.9. The summed E-state index contributed by atoms with van der Waals surface area (Å²) in [7, 11) is 0. The van der Waals surface area contributed by atoms with E-state index in [0.717, 1.165) is 78.3 Å². The molecule has 2 saturated carbocycles. The minimum Gasteiger partial charge on any atom is -0.481 e. The number of hydrogen-bond donors (Lipinski definition) is 0. The van der Waals surface area contributed by atoms with Gasteiger partial charge in [-0.3, -0.25) is 0 Å². The molecule has 2 aliphatic carbocycles. The number of carbonyl (C=O) groups excluding carboxylic acids is 2. The highest BCUT2D eigenvalue weighted by Crippen LogP contribution is 2.44. The predicted molar refractivity (Wildman–Crippen MR) is 291 cm³/mol. The van der Waals surface area contributed by atoms with E-state index < -0.39 is 0 Å². The summed E-state index contributed by atoms with van der Waals surface area (Å²) >= 11 is 0. The summed E-state index contributed by atoms with van der Waals surface area (Å²) in [4.78, 5) is 27.0. The third-order valence-electron chi connectivity index (χ3n) is 16.4. The number of unbranched alkanes of at least 4 members (excludes halogenated alkanes) is 20. The number of benzene rings is 3. The molecule has 2 atom stereocenters. The summed E-state index contributed by atoms with van der Waals surface area (Å²) in [6.07, 6.45) is 44.0. The van der Waals surface area contributed by atoms with Crippen LogP contribution in [0.15, 0.2) is 42.5 Å². The summed E-state index contributed by atoms with van der Waals surface area (Å²) in [6.45, 7) is 10.6. The largest absolute Gasteiger partial charge is 0.481 e. The summed E-state index contributed by atoms with van der Waals surface area (Å²) in [5, 5.41) is 3.44. The van der Waals surface area contributed by atoms with E-state index in [9.17, 15) is 9.59 Å².